The van der Waals surface area contributed by atoms with Gasteiger partial charge < -0.3 is 24.7 Å². The SMILES string of the molecule is COCCNC(=NCc1coc(-c2ccc(C)cc2)n1)NCC(=O)N(C)C. The highest BCUT2D eigenvalue weighted by Gasteiger charge is 2.08. The molecule has 0 bridgehead atoms. The lowest BCUT2D eigenvalue weighted by molar-refractivity contribution is -0.127. The Morgan fingerprint density at radius 3 is 2.67 bits per heavy atom. The zero-order chi connectivity index (χ0) is 19.6. The summed E-state index contributed by atoms with van der Waals surface area (Å²) in [6, 6.07) is 7.97. The van der Waals surface area contributed by atoms with Crippen LogP contribution in [0.2, 0.25) is 0 Å². The summed E-state index contributed by atoms with van der Waals surface area (Å²) < 4.78 is 10.6. The standard InChI is InChI=1S/C19H27N5O3/c1-14-5-7-15(8-6-14)18-23-16(13-27-18)11-21-19(20-9-10-26-4)22-12-17(25)24(2)3/h5-8,13H,9-12H2,1-4H3,(H2,20,21,22). The second-order valence-corrected chi connectivity index (χ2v) is 6.24. The van der Waals surface area contributed by atoms with E-state index in [1.165, 1.54) is 10.5 Å². The number of aliphatic imine (C=N–C) groups is 1. The first-order chi connectivity index (χ1) is 13.0. The van der Waals surface area contributed by atoms with Gasteiger partial charge >= 0.3 is 0 Å². The highest BCUT2D eigenvalue weighted by molar-refractivity contribution is 5.86. The highest BCUT2D eigenvalue weighted by atomic mass is 16.5. The van der Waals surface area contributed by atoms with Crippen LogP contribution in [0, 0.1) is 6.92 Å². The average Bonchev–Trinajstić information content (AvgIpc) is 3.12. The van der Waals surface area contributed by atoms with Gasteiger partial charge in [0, 0.05) is 33.3 Å². The van der Waals surface area contributed by atoms with E-state index in [0.717, 1.165) is 5.56 Å². The number of likely N-dealkylation sites (N-methyl/N-ethyl adjacent to an activating group) is 1. The fourth-order valence-electron chi connectivity index (χ4n) is 2.13. The minimum atomic E-state index is -0.0423. The van der Waals surface area contributed by atoms with Crippen molar-refractivity contribution >= 4 is 11.9 Å². The summed E-state index contributed by atoms with van der Waals surface area (Å²) in [6.45, 7) is 3.62. The summed E-state index contributed by atoms with van der Waals surface area (Å²) in [5.41, 5.74) is 2.81. The number of hydrogen-bond acceptors (Lipinski definition) is 5. The van der Waals surface area contributed by atoms with Gasteiger partial charge in [-0.1, -0.05) is 17.7 Å². The Labute approximate surface area is 159 Å². The molecule has 0 radical (unpaired) electrons. The molecule has 0 aliphatic heterocycles. The van der Waals surface area contributed by atoms with E-state index in [1.807, 2.05) is 31.2 Å². The van der Waals surface area contributed by atoms with Crippen molar-refractivity contribution in [1.82, 2.24) is 20.5 Å². The Balaban J connectivity index is 2.00. The van der Waals surface area contributed by atoms with E-state index in [4.69, 9.17) is 9.15 Å². The van der Waals surface area contributed by atoms with Crippen molar-refractivity contribution in [2.24, 2.45) is 4.99 Å². The van der Waals surface area contributed by atoms with Gasteiger partial charge in [0.25, 0.3) is 0 Å². The largest absolute Gasteiger partial charge is 0.444 e. The Bertz CT molecular complexity index is 753. The smallest absolute Gasteiger partial charge is 0.241 e. The van der Waals surface area contributed by atoms with E-state index >= 15 is 0 Å². The predicted octanol–water partition coefficient (Wildman–Crippen LogP) is 1.42. The third-order valence-corrected chi connectivity index (χ3v) is 3.75. The number of ether oxygens (including phenoxy) is 1. The van der Waals surface area contributed by atoms with Gasteiger partial charge in [-0.15, -0.1) is 0 Å². The summed E-state index contributed by atoms with van der Waals surface area (Å²) in [5.74, 6) is 1.03. The van der Waals surface area contributed by atoms with Crippen molar-refractivity contribution in [3.05, 3.63) is 41.8 Å². The number of guanidine groups is 1. The molecule has 0 saturated carbocycles. The molecule has 0 fully saturated rings. The summed E-state index contributed by atoms with van der Waals surface area (Å²) >= 11 is 0. The quantitative estimate of drug-likeness (QED) is 0.413. The molecular formula is C19H27N5O3. The van der Waals surface area contributed by atoms with Crippen molar-refractivity contribution in [1.29, 1.82) is 0 Å². The minimum absolute atomic E-state index is 0.0423. The Morgan fingerprint density at radius 2 is 2.00 bits per heavy atom. The molecule has 2 aromatic rings. The van der Waals surface area contributed by atoms with Crippen molar-refractivity contribution in [3.63, 3.8) is 0 Å². The fraction of sp³-hybridized carbons (Fsp3) is 0.421. The molecular weight excluding hydrogens is 346 g/mol. The molecule has 146 valence electrons. The van der Waals surface area contributed by atoms with Crippen molar-refractivity contribution < 1.29 is 13.9 Å². The van der Waals surface area contributed by atoms with Crippen molar-refractivity contribution in [2.75, 3.05) is 40.9 Å². The van der Waals surface area contributed by atoms with Crippen LogP contribution in [0.1, 0.15) is 11.3 Å². The topological polar surface area (TPSA) is 92.0 Å². The normalized spacial score (nSPS) is 11.3. The van der Waals surface area contributed by atoms with E-state index in [2.05, 4.69) is 20.6 Å². The number of aromatic nitrogens is 1. The summed E-state index contributed by atoms with van der Waals surface area (Å²) in [7, 11) is 5.05. The molecule has 2 rings (SSSR count). The van der Waals surface area contributed by atoms with Crippen LogP contribution in [0.4, 0.5) is 0 Å². The molecule has 27 heavy (non-hydrogen) atoms. The van der Waals surface area contributed by atoms with Gasteiger partial charge in [-0.2, -0.15) is 0 Å². The molecule has 1 amide bonds. The number of nitrogens with one attached hydrogen (secondary N) is 2. The molecule has 0 unspecified atom stereocenters. The number of carbonyl (C=O) groups is 1. The van der Waals surface area contributed by atoms with Crippen LogP contribution in [0.5, 0.6) is 0 Å². The van der Waals surface area contributed by atoms with Gasteiger partial charge in [0.1, 0.15) is 12.0 Å². The van der Waals surface area contributed by atoms with Crippen LogP contribution in [0.25, 0.3) is 11.5 Å². The highest BCUT2D eigenvalue weighted by Crippen LogP contribution is 2.19. The Kier molecular flexibility index (Phi) is 7.81. The molecule has 1 heterocycles. The maximum Gasteiger partial charge on any atom is 0.241 e. The molecule has 1 aromatic heterocycles. The second-order valence-electron chi connectivity index (χ2n) is 6.24. The van der Waals surface area contributed by atoms with Crippen LogP contribution in [0.15, 0.2) is 39.9 Å². The molecule has 0 atom stereocenters. The van der Waals surface area contributed by atoms with Crippen molar-refractivity contribution in [2.45, 2.75) is 13.5 Å². The molecule has 0 saturated heterocycles. The van der Waals surface area contributed by atoms with Crippen LogP contribution >= 0.6 is 0 Å². The van der Waals surface area contributed by atoms with Gasteiger partial charge in [-0.25, -0.2) is 9.98 Å². The van der Waals surface area contributed by atoms with Crippen LogP contribution in [-0.2, 0) is 16.1 Å². The van der Waals surface area contributed by atoms with E-state index in [9.17, 15) is 4.79 Å². The summed E-state index contributed by atoms with van der Waals surface area (Å²) in [5, 5.41) is 6.12. The minimum Gasteiger partial charge on any atom is -0.444 e. The monoisotopic (exact) mass is 373 g/mol. The van der Waals surface area contributed by atoms with Crippen LogP contribution < -0.4 is 10.6 Å². The zero-order valence-corrected chi connectivity index (χ0v) is 16.3. The lowest BCUT2D eigenvalue weighted by atomic mass is 10.1. The predicted molar refractivity (Wildman–Crippen MR) is 104 cm³/mol. The molecule has 0 spiro atoms. The lowest BCUT2D eigenvalue weighted by Gasteiger charge is -2.14. The number of hydrogen-bond donors (Lipinski definition) is 2. The summed E-state index contributed by atoms with van der Waals surface area (Å²) in [4.78, 5) is 22.2. The van der Waals surface area contributed by atoms with Gasteiger partial charge in [0.15, 0.2) is 5.96 Å². The van der Waals surface area contributed by atoms with Gasteiger partial charge in [0.2, 0.25) is 11.8 Å². The first-order valence-corrected chi connectivity index (χ1v) is 8.72. The lowest BCUT2D eigenvalue weighted by Crippen LogP contribution is -2.43. The Morgan fingerprint density at radius 1 is 1.26 bits per heavy atom. The maximum atomic E-state index is 11.8. The maximum absolute atomic E-state index is 11.8. The number of aryl methyl sites for hydroxylation is 1. The number of amides is 1. The number of carbonyl (C=O) groups excluding carboxylic acids is 1. The average molecular weight is 373 g/mol. The first kappa shape index (κ1) is 20.4. The molecule has 2 N–H and O–H groups in total. The second kappa shape index (κ2) is 10.3. The Hall–Kier alpha value is -2.87. The number of methoxy groups -OCH3 is 1. The fourth-order valence-corrected chi connectivity index (χ4v) is 2.13. The molecule has 8 heteroatoms. The molecule has 0 aliphatic rings. The summed E-state index contributed by atoms with van der Waals surface area (Å²) in [6.07, 6.45) is 1.59. The number of benzene rings is 1. The first-order valence-electron chi connectivity index (χ1n) is 8.72. The van der Waals surface area contributed by atoms with E-state index in [0.29, 0.717) is 37.2 Å². The number of rotatable bonds is 8. The van der Waals surface area contributed by atoms with Crippen LogP contribution in [0.3, 0.4) is 0 Å². The third kappa shape index (κ3) is 6.74. The molecule has 8 nitrogen and oxygen atoms in total. The molecule has 0 aliphatic carbocycles. The third-order valence-electron chi connectivity index (χ3n) is 3.75. The van der Waals surface area contributed by atoms with Crippen LogP contribution in [-0.4, -0.2) is 62.7 Å². The van der Waals surface area contributed by atoms with E-state index in [-0.39, 0.29) is 12.5 Å². The van der Waals surface area contributed by atoms with Gasteiger partial charge in [-0.3, -0.25) is 4.79 Å². The van der Waals surface area contributed by atoms with E-state index in [1.54, 1.807) is 27.5 Å². The van der Waals surface area contributed by atoms with E-state index < -0.39 is 0 Å². The molecule has 1 aromatic carbocycles. The van der Waals surface area contributed by atoms with Crippen molar-refractivity contribution in [3.8, 4) is 11.5 Å². The van der Waals surface area contributed by atoms with Gasteiger partial charge in [0.05, 0.1) is 19.7 Å². The zero-order valence-electron chi connectivity index (χ0n) is 16.3. The number of nitrogens with zero attached hydrogens (tertiary/aromatic N) is 3. The number of oxazole rings is 1. The van der Waals surface area contributed by atoms with Gasteiger partial charge in [-0.05, 0) is 19.1 Å².